The fourth-order valence-corrected chi connectivity index (χ4v) is 2.24. The van der Waals surface area contributed by atoms with Gasteiger partial charge in [-0.2, -0.15) is 0 Å². The maximum absolute atomic E-state index is 12.0. The van der Waals surface area contributed by atoms with Crippen LogP contribution >= 0.6 is 0 Å². The van der Waals surface area contributed by atoms with E-state index in [2.05, 4.69) is 27.8 Å². The van der Waals surface area contributed by atoms with E-state index < -0.39 is 5.97 Å². The molecule has 128 valence electrons. The van der Waals surface area contributed by atoms with Crippen LogP contribution in [0.5, 0.6) is 0 Å². The van der Waals surface area contributed by atoms with Crippen molar-refractivity contribution >= 4 is 11.9 Å². The number of rotatable bonds is 8. The van der Waals surface area contributed by atoms with Crippen molar-refractivity contribution in [1.29, 1.82) is 0 Å². The number of nitrogens with zero attached hydrogens (tertiary/aromatic N) is 3. The smallest absolute Gasteiger partial charge is 0.360 e. The number of nitrogens with one attached hydrogen (secondary N) is 1. The van der Waals surface area contributed by atoms with Crippen LogP contribution in [0.25, 0.3) is 0 Å². The van der Waals surface area contributed by atoms with E-state index in [0.717, 1.165) is 12.8 Å². The highest BCUT2D eigenvalue weighted by molar-refractivity contribution is 5.86. The quantitative estimate of drug-likeness (QED) is 0.743. The van der Waals surface area contributed by atoms with Crippen molar-refractivity contribution in [3.8, 4) is 0 Å². The number of carbonyl (C=O) groups excluding carboxylic acids is 2. The summed E-state index contributed by atoms with van der Waals surface area (Å²) >= 11 is 0. The normalized spacial score (nSPS) is 11.8. The highest BCUT2D eigenvalue weighted by Gasteiger charge is 2.14. The molecule has 0 unspecified atom stereocenters. The summed E-state index contributed by atoms with van der Waals surface area (Å²) < 4.78 is 6.15. The molecule has 0 aliphatic heterocycles. The van der Waals surface area contributed by atoms with Gasteiger partial charge in [0.1, 0.15) is 6.54 Å². The van der Waals surface area contributed by atoms with Gasteiger partial charge in [-0.3, -0.25) is 4.79 Å². The molecule has 1 aromatic heterocycles. The molecule has 2 rings (SSSR count). The van der Waals surface area contributed by atoms with E-state index in [4.69, 9.17) is 4.74 Å². The van der Waals surface area contributed by atoms with E-state index in [1.807, 2.05) is 25.1 Å². The lowest BCUT2D eigenvalue weighted by molar-refractivity contribution is -0.122. The van der Waals surface area contributed by atoms with Gasteiger partial charge in [-0.15, -0.1) is 5.10 Å². The number of hydrogen-bond donors (Lipinski definition) is 1. The second kappa shape index (κ2) is 8.81. The van der Waals surface area contributed by atoms with Crippen molar-refractivity contribution in [3.63, 3.8) is 0 Å². The van der Waals surface area contributed by atoms with E-state index in [9.17, 15) is 9.59 Å². The lowest BCUT2D eigenvalue weighted by Gasteiger charge is -2.13. The van der Waals surface area contributed by atoms with Crippen LogP contribution in [0, 0.1) is 0 Å². The molecule has 1 aromatic carbocycles. The molecule has 1 atom stereocenters. The second-order valence-electron chi connectivity index (χ2n) is 5.51. The summed E-state index contributed by atoms with van der Waals surface area (Å²) in [5.74, 6) is -0.712. The van der Waals surface area contributed by atoms with Crippen LogP contribution in [0.1, 0.15) is 36.3 Å². The third kappa shape index (κ3) is 5.49. The van der Waals surface area contributed by atoms with Crippen molar-refractivity contribution in [3.05, 3.63) is 47.8 Å². The number of esters is 1. The fourth-order valence-electron chi connectivity index (χ4n) is 2.24. The number of hydrogen-bond acceptors (Lipinski definition) is 5. The van der Waals surface area contributed by atoms with Crippen molar-refractivity contribution in [2.45, 2.75) is 39.3 Å². The van der Waals surface area contributed by atoms with Crippen LogP contribution in [0.15, 0.2) is 36.5 Å². The third-order valence-corrected chi connectivity index (χ3v) is 3.45. The van der Waals surface area contributed by atoms with Gasteiger partial charge < -0.3 is 10.1 Å². The van der Waals surface area contributed by atoms with Crippen LogP contribution in [-0.4, -0.2) is 39.5 Å². The Labute approximate surface area is 141 Å². The standard InChI is InChI=1S/C17H22N4O3/c1-3-24-17(23)15-11-21(20-19-15)12-16(22)18-13(2)9-10-14-7-5-4-6-8-14/h4-8,11,13H,3,9-10,12H2,1-2H3,(H,18,22)/t13-/m1/s1. The van der Waals surface area contributed by atoms with Gasteiger partial charge in [0.15, 0.2) is 5.69 Å². The van der Waals surface area contributed by atoms with Gasteiger partial charge >= 0.3 is 5.97 Å². The average Bonchev–Trinajstić information content (AvgIpc) is 3.02. The van der Waals surface area contributed by atoms with Crippen LogP contribution in [0.4, 0.5) is 0 Å². The summed E-state index contributed by atoms with van der Waals surface area (Å²) in [6, 6.07) is 10.2. The minimum atomic E-state index is -0.541. The molecule has 0 radical (unpaired) electrons. The summed E-state index contributed by atoms with van der Waals surface area (Å²) in [6.45, 7) is 3.96. The highest BCUT2D eigenvalue weighted by atomic mass is 16.5. The zero-order valence-corrected chi connectivity index (χ0v) is 13.9. The zero-order valence-electron chi connectivity index (χ0n) is 13.9. The zero-order chi connectivity index (χ0) is 17.4. The largest absolute Gasteiger partial charge is 0.461 e. The Morgan fingerprint density at radius 1 is 1.29 bits per heavy atom. The van der Waals surface area contributed by atoms with Crippen LogP contribution in [0.3, 0.4) is 0 Å². The van der Waals surface area contributed by atoms with Gasteiger partial charge in [0, 0.05) is 6.04 Å². The molecular weight excluding hydrogens is 308 g/mol. The van der Waals surface area contributed by atoms with E-state index in [-0.39, 0.29) is 30.8 Å². The van der Waals surface area contributed by atoms with Crippen LogP contribution in [0.2, 0.25) is 0 Å². The maximum Gasteiger partial charge on any atom is 0.360 e. The van der Waals surface area contributed by atoms with Crippen LogP contribution < -0.4 is 5.32 Å². The van der Waals surface area contributed by atoms with Crippen molar-refractivity contribution in [1.82, 2.24) is 20.3 Å². The van der Waals surface area contributed by atoms with Gasteiger partial charge in [-0.05, 0) is 32.3 Å². The first-order chi connectivity index (χ1) is 11.6. The molecule has 0 saturated heterocycles. The van der Waals surface area contributed by atoms with Crippen molar-refractivity contribution < 1.29 is 14.3 Å². The minimum absolute atomic E-state index is 0.0160. The van der Waals surface area contributed by atoms with Gasteiger partial charge in [-0.1, -0.05) is 35.5 Å². The molecule has 0 aliphatic rings. The molecule has 24 heavy (non-hydrogen) atoms. The number of aryl methyl sites for hydroxylation is 1. The first-order valence-electron chi connectivity index (χ1n) is 7.99. The van der Waals surface area contributed by atoms with Crippen molar-refractivity contribution in [2.24, 2.45) is 0 Å². The van der Waals surface area contributed by atoms with Gasteiger partial charge in [-0.25, -0.2) is 9.48 Å². The summed E-state index contributed by atoms with van der Waals surface area (Å²) in [5, 5.41) is 10.4. The maximum atomic E-state index is 12.0. The number of ether oxygens (including phenoxy) is 1. The topological polar surface area (TPSA) is 86.1 Å². The number of aromatic nitrogens is 3. The minimum Gasteiger partial charge on any atom is -0.461 e. The van der Waals surface area contributed by atoms with Crippen LogP contribution in [-0.2, 0) is 22.5 Å². The molecule has 0 bridgehead atoms. The summed E-state index contributed by atoms with van der Waals surface area (Å²) in [6.07, 6.45) is 3.16. The fraction of sp³-hybridized carbons (Fsp3) is 0.412. The molecule has 2 aromatic rings. The van der Waals surface area contributed by atoms with E-state index >= 15 is 0 Å². The first kappa shape index (κ1) is 17.7. The Hall–Kier alpha value is -2.70. The summed E-state index contributed by atoms with van der Waals surface area (Å²) in [5.41, 5.74) is 1.34. The van der Waals surface area contributed by atoms with E-state index in [1.165, 1.54) is 16.4 Å². The molecule has 7 nitrogen and oxygen atoms in total. The predicted molar refractivity (Wildman–Crippen MR) is 88.3 cm³/mol. The van der Waals surface area contributed by atoms with Crippen molar-refractivity contribution in [2.75, 3.05) is 6.61 Å². The lowest BCUT2D eigenvalue weighted by atomic mass is 10.1. The van der Waals surface area contributed by atoms with Gasteiger partial charge in [0.25, 0.3) is 0 Å². The first-order valence-corrected chi connectivity index (χ1v) is 7.99. The molecule has 0 aliphatic carbocycles. The molecule has 0 fully saturated rings. The molecule has 7 heteroatoms. The number of amides is 1. The lowest BCUT2D eigenvalue weighted by Crippen LogP contribution is -2.35. The average molecular weight is 330 g/mol. The highest BCUT2D eigenvalue weighted by Crippen LogP contribution is 2.05. The second-order valence-corrected chi connectivity index (χ2v) is 5.51. The number of benzene rings is 1. The number of carbonyl (C=O) groups is 2. The molecule has 0 spiro atoms. The predicted octanol–water partition coefficient (Wildman–Crippen LogP) is 1.59. The van der Waals surface area contributed by atoms with Gasteiger partial charge in [0.05, 0.1) is 12.8 Å². The Kier molecular flexibility index (Phi) is 6.48. The molecular formula is C17H22N4O3. The molecule has 0 saturated carbocycles. The van der Waals surface area contributed by atoms with Gasteiger partial charge in [0.2, 0.25) is 5.91 Å². The molecule has 1 amide bonds. The van der Waals surface area contributed by atoms with E-state index in [1.54, 1.807) is 6.92 Å². The summed E-state index contributed by atoms with van der Waals surface area (Å²) in [7, 11) is 0. The molecule has 1 N–H and O–H groups in total. The Bertz CT molecular complexity index is 669. The Morgan fingerprint density at radius 2 is 2.04 bits per heavy atom. The Balaban J connectivity index is 1.77. The third-order valence-electron chi connectivity index (χ3n) is 3.45. The monoisotopic (exact) mass is 330 g/mol. The molecule has 1 heterocycles. The summed E-state index contributed by atoms with van der Waals surface area (Å²) in [4.78, 5) is 23.5. The van der Waals surface area contributed by atoms with E-state index in [0.29, 0.717) is 0 Å². The SMILES string of the molecule is CCOC(=O)c1cn(CC(=O)N[C@H](C)CCc2ccccc2)nn1. The Morgan fingerprint density at radius 3 is 2.75 bits per heavy atom.